The number of likely N-dealkylation sites (tertiary alicyclic amines) is 1. The zero-order valence-corrected chi connectivity index (χ0v) is 11.7. The summed E-state index contributed by atoms with van der Waals surface area (Å²) in [7, 11) is 0. The van der Waals surface area contributed by atoms with E-state index >= 15 is 0 Å². The first-order chi connectivity index (χ1) is 9.15. The number of hydrogen-bond acceptors (Lipinski definition) is 3. The fraction of sp³-hybridized carbons (Fsp3) is 0.417. The van der Waals surface area contributed by atoms with Gasteiger partial charge in [0.25, 0.3) is 0 Å². The maximum atomic E-state index is 10.9. The monoisotopic (exact) mass is 324 g/mol. The molecule has 0 bridgehead atoms. The van der Waals surface area contributed by atoms with Crippen LogP contribution in [0.2, 0.25) is 0 Å². The summed E-state index contributed by atoms with van der Waals surface area (Å²) >= 11 is 3.37. The molecule has 7 heteroatoms. The second kappa shape index (κ2) is 4.80. The summed E-state index contributed by atoms with van der Waals surface area (Å²) in [5.41, 5.74) is 1.90. The van der Waals surface area contributed by atoms with Gasteiger partial charge in [0, 0.05) is 19.1 Å². The van der Waals surface area contributed by atoms with Crippen LogP contribution in [0.1, 0.15) is 18.9 Å². The molecule has 1 aliphatic heterocycles. The van der Waals surface area contributed by atoms with Crippen molar-refractivity contribution in [2.24, 2.45) is 0 Å². The van der Waals surface area contributed by atoms with E-state index in [1.165, 1.54) is 4.90 Å². The lowest BCUT2D eigenvalue weighted by Gasteiger charge is -2.30. The molecular weight excluding hydrogens is 312 g/mol. The number of rotatable bonds is 1. The van der Waals surface area contributed by atoms with Crippen molar-refractivity contribution >= 4 is 33.1 Å². The van der Waals surface area contributed by atoms with Crippen LogP contribution in [0.3, 0.4) is 0 Å². The van der Waals surface area contributed by atoms with Crippen LogP contribution in [0.5, 0.6) is 0 Å². The van der Waals surface area contributed by atoms with Crippen LogP contribution >= 0.6 is 15.9 Å². The van der Waals surface area contributed by atoms with E-state index < -0.39 is 6.09 Å². The number of hydrogen-bond donors (Lipinski definition) is 1. The molecule has 6 nitrogen and oxygen atoms in total. The number of amides is 1. The lowest BCUT2D eigenvalue weighted by molar-refractivity contribution is 0.126. The number of fused-ring (bicyclic) bond motifs is 1. The van der Waals surface area contributed by atoms with Crippen LogP contribution in [-0.2, 0) is 0 Å². The molecule has 1 amide bonds. The Morgan fingerprint density at radius 2 is 2.11 bits per heavy atom. The molecule has 1 N–H and O–H groups in total. The fourth-order valence-corrected chi connectivity index (χ4v) is 2.85. The first-order valence-electron chi connectivity index (χ1n) is 6.11. The molecule has 0 radical (unpaired) electrons. The lowest BCUT2D eigenvalue weighted by atomic mass is 10.1. The number of imidazole rings is 1. The summed E-state index contributed by atoms with van der Waals surface area (Å²) in [6.45, 7) is 1.15. The Morgan fingerprint density at radius 1 is 1.37 bits per heavy atom. The van der Waals surface area contributed by atoms with E-state index in [2.05, 4.69) is 30.5 Å². The first-order valence-corrected chi connectivity index (χ1v) is 6.90. The third-order valence-electron chi connectivity index (χ3n) is 3.56. The van der Waals surface area contributed by atoms with Crippen LogP contribution in [0, 0.1) is 0 Å². The lowest BCUT2D eigenvalue weighted by Crippen LogP contribution is -2.37. The van der Waals surface area contributed by atoms with Crippen molar-refractivity contribution in [2.75, 3.05) is 13.1 Å². The average Bonchev–Trinajstić information content (AvgIpc) is 2.81. The zero-order chi connectivity index (χ0) is 13.4. The van der Waals surface area contributed by atoms with E-state index in [4.69, 9.17) is 5.11 Å². The van der Waals surface area contributed by atoms with E-state index in [1.54, 1.807) is 6.20 Å². The molecule has 0 aliphatic carbocycles. The van der Waals surface area contributed by atoms with Crippen molar-refractivity contribution in [1.82, 2.24) is 19.4 Å². The second-order valence-electron chi connectivity index (χ2n) is 4.65. The molecular formula is C12H13BrN4O2. The van der Waals surface area contributed by atoms with Crippen LogP contribution in [-0.4, -0.2) is 43.7 Å². The number of aromatic nitrogens is 3. The summed E-state index contributed by atoms with van der Waals surface area (Å²) in [5, 5.41) is 8.96. The molecule has 3 rings (SSSR count). The van der Waals surface area contributed by atoms with Crippen LogP contribution in [0.4, 0.5) is 4.79 Å². The SMILES string of the molecule is O=C(O)N1CCC(n2cnc3cnc(Br)cc32)CC1. The Labute approximate surface area is 118 Å². The minimum atomic E-state index is -0.833. The molecule has 100 valence electrons. The molecule has 0 unspecified atom stereocenters. The highest BCUT2D eigenvalue weighted by Gasteiger charge is 2.24. The largest absolute Gasteiger partial charge is 0.465 e. The predicted molar refractivity (Wildman–Crippen MR) is 73.1 cm³/mol. The third kappa shape index (κ3) is 2.30. The standard InChI is InChI=1S/C12H13BrN4O2/c13-11-5-10-9(6-14-11)15-7-17(10)8-1-3-16(4-2-8)12(18)19/h5-8H,1-4H2,(H,18,19). The summed E-state index contributed by atoms with van der Waals surface area (Å²) in [4.78, 5) is 20.9. The van der Waals surface area contributed by atoms with Gasteiger partial charge in [0.1, 0.15) is 10.1 Å². The molecule has 0 spiro atoms. The van der Waals surface area contributed by atoms with Crippen molar-refractivity contribution < 1.29 is 9.90 Å². The highest BCUT2D eigenvalue weighted by Crippen LogP contribution is 2.27. The van der Waals surface area contributed by atoms with Crippen molar-refractivity contribution in [1.29, 1.82) is 0 Å². The average molecular weight is 325 g/mol. The maximum Gasteiger partial charge on any atom is 0.407 e. The second-order valence-corrected chi connectivity index (χ2v) is 5.46. The van der Waals surface area contributed by atoms with Gasteiger partial charge in [-0.15, -0.1) is 0 Å². The summed E-state index contributed by atoms with van der Waals surface area (Å²) < 4.78 is 2.91. The van der Waals surface area contributed by atoms with Gasteiger partial charge in [-0.1, -0.05) is 0 Å². The summed E-state index contributed by atoms with van der Waals surface area (Å²) in [6, 6.07) is 2.25. The van der Waals surface area contributed by atoms with Crippen molar-refractivity contribution in [3.05, 3.63) is 23.2 Å². The Balaban J connectivity index is 1.85. The third-order valence-corrected chi connectivity index (χ3v) is 3.99. The number of nitrogens with zero attached hydrogens (tertiary/aromatic N) is 4. The highest BCUT2D eigenvalue weighted by molar-refractivity contribution is 9.10. The van der Waals surface area contributed by atoms with E-state index in [-0.39, 0.29) is 0 Å². The molecule has 1 fully saturated rings. The highest BCUT2D eigenvalue weighted by atomic mass is 79.9. The molecule has 0 atom stereocenters. The quantitative estimate of drug-likeness (QED) is 0.818. The molecule has 1 saturated heterocycles. The Morgan fingerprint density at radius 3 is 2.79 bits per heavy atom. The molecule has 2 aromatic rings. The molecule has 0 saturated carbocycles. The van der Waals surface area contributed by atoms with Crippen molar-refractivity contribution in [2.45, 2.75) is 18.9 Å². The van der Waals surface area contributed by atoms with E-state index in [1.807, 2.05) is 12.4 Å². The van der Waals surface area contributed by atoms with Gasteiger partial charge in [0.2, 0.25) is 0 Å². The number of carboxylic acid groups (broad SMARTS) is 1. The van der Waals surface area contributed by atoms with Crippen molar-refractivity contribution in [3.63, 3.8) is 0 Å². The smallest absolute Gasteiger partial charge is 0.407 e. The van der Waals surface area contributed by atoms with E-state index in [0.29, 0.717) is 19.1 Å². The minimum Gasteiger partial charge on any atom is -0.465 e. The Kier molecular flexibility index (Phi) is 3.14. The zero-order valence-electron chi connectivity index (χ0n) is 10.2. The Hall–Kier alpha value is -1.63. The normalized spacial score (nSPS) is 17.0. The van der Waals surface area contributed by atoms with Gasteiger partial charge in [0.15, 0.2) is 0 Å². The van der Waals surface area contributed by atoms with Crippen LogP contribution in [0.15, 0.2) is 23.2 Å². The number of halogens is 1. The van der Waals surface area contributed by atoms with Gasteiger partial charge in [-0.2, -0.15) is 0 Å². The fourth-order valence-electron chi connectivity index (χ4n) is 2.53. The van der Waals surface area contributed by atoms with Crippen molar-refractivity contribution in [3.8, 4) is 0 Å². The molecule has 2 aromatic heterocycles. The number of pyridine rings is 1. The summed E-state index contributed by atoms with van der Waals surface area (Å²) in [5.74, 6) is 0. The van der Waals surface area contributed by atoms with Gasteiger partial charge in [-0.3, -0.25) is 0 Å². The van der Waals surface area contributed by atoms with E-state index in [9.17, 15) is 4.79 Å². The van der Waals surface area contributed by atoms with Gasteiger partial charge in [-0.25, -0.2) is 14.8 Å². The van der Waals surface area contributed by atoms with Crippen LogP contribution in [0.25, 0.3) is 11.0 Å². The molecule has 3 heterocycles. The topological polar surface area (TPSA) is 71.2 Å². The molecule has 0 aromatic carbocycles. The number of carbonyl (C=O) groups is 1. The van der Waals surface area contributed by atoms with Gasteiger partial charge in [0.05, 0.1) is 18.0 Å². The summed E-state index contributed by atoms with van der Waals surface area (Å²) in [6.07, 6.45) is 4.36. The predicted octanol–water partition coefficient (Wildman–Crippen LogP) is 2.51. The first kappa shape index (κ1) is 12.4. The van der Waals surface area contributed by atoms with Crippen LogP contribution < -0.4 is 0 Å². The van der Waals surface area contributed by atoms with Gasteiger partial charge < -0.3 is 14.6 Å². The number of piperidine rings is 1. The maximum absolute atomic E-state index is 10.9. The van der Waals surface area contributed by atoms with Gasteiger partial charge in [-0.05, 0) is 34.8 Å². The molecule has 1 aliphatic rings. The molecule has 19 heavy (non-hydrogen) atoms. The minimum absolute atomic E-state index is 0.301. The van der Waals surface area contributed by atoms with Gasteiger partial charge >= 0.3 is 6.09 Å². The van der Waals surface area contributed by atoms with E-state index in [0.717, 1.165) is 28.5 Å². The Bertz CT molecular complexity index is 619.